The number of carbonyl (C=O) groups is 1. The summed E-state index contributed by atoms with van der Waals surface area (Å²) >= 11 is 0. The van der Waals surface area contributed by atoms with E-state index in [9.17, 15) is 4.79 Å². The summed E-state index contributed by atoms with van der Waals surface area (Å²) in [6.07, 6.45) is 0.693. The van der Waals surface area contributed by atoms with Gasteiger partial charge in [-0.3, -0.25) is 9.79 Å². The molecule has 6 heteroatoms. The summed E-state index contributed by atoms with van der Waals surface area (Å²) in [5.41, 5.74) is 7.39. The quantitative estimate of drug-likeness (QED) is 0.309. The average molecular weight is 388 g/mol. The molecule has 0 atom stereocenters. The minimum absolute atomic E-state index is 0.0871. The van der Waals surface area contributed by atoms with Gasteiger partial charge in [0, 0.05) is 30.4 Å². The van der Waals surface area contributed by atoms with Gasteiger partial charge in [0.15, 0.2) is 5.96 Å². The number of ether oxygens (including phenoxy) is 1. The molecule has 4 N–H and O–H groups in total. The first-order chi connectivity index (χ1) is 14.2. The number of rotatable bonds is 8. The van der Waals surface area contributed by atoms with Crippen LogP contribution >= 0.6 is 0 Å². The molecule has 0 bridgehead atoms. The van der Waals surface area contributed by atoms with Gasteiger partial charge >= 0.3 is 0 Å². The maximum atomic E-state index is 11.9. The first kappa shape index (κ1) is 19.9. The Balaban J connectivity index is 1.42. The summed E-state index contributed by atoms with van der Waals surface area (Å²) in [6, 6.07) is 26.2. The largest absolute Gasteiger partial charge is 0.457 e. The van der Waals surface area contributed by atoms with Crippen LogP contribution in [0, 0.1) is 0 Å². The van der Waals surface area contributed by atoms with Gasteiger partial charge in [0.05, 0.1) is 0 Å². The van der Waals surface area contributed by atoms with Crippen LogP contribution in [-0.2, 0) is 0 Å². The number of nitrogens with one attached hydrogen (secondary N) is 2. The van der Waals surface area contributed by atoms with Gasteiger partial charge in [-0.2, -0.15) is 0 Å². The molecule has 3 rings (SSSR count). The molecule has 6 nitrogen and oxygen atoms in total. The number of carbonyl (C=O) groups excluding carboxylic acids is 1. The molecule has 0 aliphatic heterocycles. The standard InChI is InChI=1S/C23H24N4O2/c24-23(26-16-8-15-25-22(28)18-9-3-1-4-10-18)27-19-11-7-14-21(17-19)29-20-12-5-2-6-13-20/h1-7,9-14,17H,8,15-16H2,(H,25,28)(H3,24,26,27). The molecule has 3 aromatic rings. The predicted molar refractivity (Wildman–Crippen MR) is 116 cm³/mol. The van der Waals surface area contributed by atoms with Crippen molar-refractivity contribution in [1.29, 1.82) is 0 Å². The summed E-state index contributed by atoms with van der Waals surface area (Å²) in [5.74, 6) is 1.70. The fourth-order valence-corrected chi connectivity index (χ4v) is 2.62. The van der Waals surface area contributed by atoms with E-state index >= 15 is 0 Å². The number of nitrogens with zero attached hydrogens (tertiary/aromatic N) is 1. The Labute approximate surface area is 170 Å². The molecular weight excluding hydrogens is 364 g/mol. The number of amides is 1. The van der Waals surface area contributed by atoms with Crippen LogP contribution in [0.4, 0.5) is 5.69 Å². The molecule has 0 aromatic heterocycles. The Bertz CT molecular complexity index is 943. The van der Waals surface area contributed by atoms with Crippen LogP contribution in [0.1, 0.15) is 16.8 Å². The fourth-order valence-electron chi connectivity index (χ4n) is 2.62. The lowest BCUT2D eigenvalue weighted by Crippen LogP contribution is -2.26. The van der Waals surface area contributed by atoms with E-state index < -0.39 is 0 Å². The monoisotopic (exact) mass is 388 g/mol. The predicted octanol–water partition coefficient (Wildman–Crippen LogP) is 4.03. The van der Waals surface area contributed by atoms with Crippen LogP contribution in [0.5, 0.6) is 11.5 Å². The summed E-state index contributed by atoms with van der Waals surface area (Å²) in [6.45, 7) is 1.04. The van der Waals surface area contributed by atoms with Gasteiger partial charge in [0.25, 0.3) is 5.91 Å². The smallest absolute Gasteiger partial charge is 0.251 e. The highest BCUT2D eigenvalue weighted by molar-refractivity contribution is 5.94. The highest BCUT2D eigenvalue weighted by Crippen LogP contribution is 2.23. The molecule has 0 heterocycles. The molecule has 3 aromatic carbocycles. The van der Waals surface area contributed by atoms with Crippen LogP contribution in [0.25, 0.3) is 0 Å². The minimum Gasteiger partial charge on any atom is -0.457 e. The number of hydrogen-bond acceptors (Lipinski definition) is 3. The first-order valence-electron chi connectivity index (χ1n) is 9.44. The second kappa shape index (κ2) is 10.5. The summed E-state index contributed by atoms with van der Waals surface area (Å²) in [4.78, 5) is 16.2. The van der Waals surface area contributed by atoms with E-state index in [4.69, 9.17) is 10.5 Å². The molecule has 0 aliphatic carbocycles. The normalized spacial score (nSPS) is 11.0. The molecule has 0 saturated carbocycles. The molecular formula is C23H24N4O2. The van der Waals surface area contributed by atoms with Crippen molar-refractivity contribution in [3.05, 3.63) is 90.5 Å². The second-order valence-electron chi connectivity index (χ2n) is 6.31. The van der Waals surface area contributed by atoms with Crippen LogP contribution in [0.15, 0.2) is 89.9 Å². The van der Waals surface area contributed by atoms with E-state index in [1.807, 2.05) is 72.8 Å². The van der Waals surface area contributed by atoms with Crippen molar-refractivity contribution >= 4 is 17.6 Å². The van der Waals surface area contributed by atoms with Crippen molar-refractivity contribution in [2.75, 3.05) is 18.4 Å². The van der Waals surface area contributed by atoms with E-state index in [2.05, 4.69) is 15.6 Å². The molecule has 1 amide bonds. The van der Waals surface area contributed by atoms with E-state index in [1.165, 1.54) is 0 Å². The molecule has 0 unspecified atom stereocenters. The van der Waals surface area contributed by atoms with Gasteiger partial charge in [-0.1, -0.05) is 42.5 Å². The first-order valence-corrected chi connectivity index (χ1v) is 9.44. The third-order valence-corrected chi connectivity index (χ3v) is 4.02. The Morgan fingerprint density at radius 1 is 0.897 bits per heavy atom. The zero-order valence-corrected chi connectivity index (χ0v) is 16.0. The van der Waals surface area contributed by atoms with Crippen molar-refractivity contribution in [1.82, 2.24) is 5.32 Å². The van der Waals surface area contributed by atoms with Crippen LogP contribution in [0.3, 0.4) is 0 Å². The Morgan fingerprint density at radius 2 is 1.59 bits per heavy atom. The van der Waals surface area contributed by atoms with Crippen molar-refractivity contribution < 1.29 is 9.53 Å². The number of nitrogens with two attached hydrogens (primary N) is 1. The zero-order valence-electron chi connectivity index (χ0n) is 16.0. The third-order valence-electron chi connectivity index (χ3n) is 4.02. The van der Waals surface area contributed by atoms with E-state index in [1.54, 1.807) is 12.1 Å². The number of benzene rings is 3. The van der Waals surface area contributed by atoms with Crippen molar-refractivity contribution in [3.63, 3.8) is 0 Å². The van der Waals surface area contributed by atoms with Crippen LogP contribution in [-0.4, -0.2) is 25.0 Å². The molecule has 148 valence electrons. The van der Waals surface area contributed by atoms with E-state index in [0.29, 0.717) is 36.8 Å². The maximum absolute atomic E-state index is 11.9. The van der Waals surface area contributed by atoms with Gasteiger partial charge in [-0.25, -0.2) is 0 Å². The molecule has 0 saturated heterocycles. The SMILES string of the molecule is NC(=NCCCNC(=O)c1ccccc1)Nc1cccc(Oc2ccccc2)c1. The number of aliphatic imine (C=N–C) groups is 1. The highest BCUT2D eigenvalue weighted by atomic mass is 16.5. The fraction of sp³-hybridized carbons (Fsp3) is 0.130. The average Bonchev–Trinajstić information content (AvgIpc) is 2.75. The Morgan fingerprint density at radius 3 is 2.34 bits per heavy atom. The van der Waals surface area contributed by atoms with E-state index in [-0.39, 0.29) is 5.91 Å². The molecule has 29 heavy (non-hydrogen) atoms. The van der Waals surface area contributed by atoms with Crippen molar-refractivity contribution in [2.24, 2.45) is 10.7 Å². The van der Waals surface area contributed by atoms with Crippen LogP contribution < -0.4 is 21.1 Å². The number of hydrogen-bond donors (Lipinski definition) is 3. The topological polar surface area (TPSA) is 88.7 Å². The molecule has 0 fully saturated rings. The summed E-state index contributed by atoms with van der Waals surface area (Å²) in [5, 5.41) is 5.92. The highest BCUT2D eigenvalue weighted by Gasteiger charge is 2.03. The molecule has 0 spiro atoms. The van der Waals surface area contributed by atoms with Gasteiger partial charge in [0.2, 0.25) is 0 Å². The minimum atomic E-state index is -0.0871. The van der Waals surface area contributed by atoms with Gasteiger partial charge in [-0.05, 0) is 42.8 Å². The molecule has 0 radical (unpaired) electrons. The summed E-state index contributed by atoms with van der Waals surface area (Å²) in [7, 11) is 0. The zero-order chi connectivity index (χ0) is 20.3. The Kier molecular flexibility index (Phi) is 7.23. The number of para-hydroxylation sites is 1. The Hall–Kier alpha value is -3.80. The number of guanidine groups is 1. The third kappa shape index (κ3) is 6.70. The number of anilines is 1. The molecule has 0 aliphatic rings. The lowest BCUT2D eigenvalue weighted by molar-refractivity contribution is 0.0953. The second-order valence-corrected chi connectivity index (χ2v) is 6.31. The maximum Gasteiger partial charge on any atom is 0.251 e. The van der Waals surface area contributed by atoms with Crippen molar-refractivity contribution in [2.45, 2.75) is 6.42 Å². The van der Waals surface area contributed by atoms with Gasteiger partial charge in [-0.15, -0.1) is 0 Å². The van der Waals surface area contributed by atoms with Gasteiger partial charge < -0.3 is 21.1 Å². The van der Waals surface area contributed by atoms with Gasteiger partial charge in [0.1, 0.15) is 11.5 Å². The van der Waals surface area contributed by atoms with Crippen molar-refractivity contribution in [3.8, 4) is 11.5 Å². The van der Waals surface area contributed by atoms with E-state index in [0.717, 1.165) is 11.4 Å². The lowest BCUT2D eigenvalue weighted by Gasteiger charge is -2.09. The lowest BCUT2D eigenvalue weighted by atomic mass is 10.2. The van der Waals surface area contributed by atoms with Crippen LogP contribution in [0.2, 0.25) is 0 Å². The summed E-state index contributed by atoms with van der Waals surface area (Å²) < 4.78 is 5.81.